The van der Waals surface area contributed by atoms with Gasteiger partial charge in [-0.2, -0.15) is 0 Å². The Morgan fingerprint density at radius 2 is 2.16 bits per heavy atom. The molecule has 0 fully saturated rings. The van der Waals surface area contributed by atoms with E-state index in [4.69, 9.17) is 17.4 Å². The Balaban J connectivity index is 2.26. The normalized spacial score (nSPS) is 12.4. The second-order valence-electron chi connectivity index (χ2n) is 4.10. The maximum atomic E-state index is 13.2. The molecule has 3 N–H and O–H groups in total. The van der Waals surface area contributed by atoms with Gasteiger partial charge in [0.1, 0.15) is 5.82 Å². The Kier molecular flexibility index (Phi) is 4.87. The number of nitrogens with zero attached hydrogens (tertiary/aromatic N) is 1. The summed E-state index contributed by atoms with van der Waals surface area (Å²) >= 11 is 9.41. The lowest BCUT2D eigenvalue weighted by atomic mass is 10.0. The van der Waals surface area contributed by atoms with Crippen LogP contribution in [0.1, 0.15) is 17.2 Å². The summed E-state index contributed by atoms with van der Waals surface area (Å²) in [4.78, 5) is 4.09. The number of hydrogen-bond donors (Lipinski definition) is 2. The molecule has 2 aromatic rings. The molecule has 1 atom stereocenters. The van der Waals surface area contributed by atoms with Crippen LogP contribution in [-0.2, 0) is 6.42 Å². The van der Waals surface area contributed by atoms with Gasteiger partial charge in [-0.1, -0.05) is 11.6 Å². The molecule has 0 saturated carbocycles. The van der Waals surface area contributed by atoms with E-state index in [1.807, 2.05) is 6.07 Å². The summed E-state index contributed by atoms with van der Waals surface area (Å²) in [6.45, 7) is 0. The van der Waals surface area contributed by atoms with Crippen molar-refractivity contribution in [2.45, 2.75) is 12.5 Å². The van der Waals surface area contributed by atoms with Gasteiger partial charge in [0.05, 0.1) is 6.04 Å². The molecule has 1 heterocycles. The summed E-state index contributed by atoms with van der Waals surface area (Å²) in [5.74, 6) is 5.24. The Morgan fingerprint density at radius 1 is 1.37 bits per heavy atom. The third kappa shape index (κ3) is 3.73. The van der Waals surface area contributed by atoms with Crippen LogP contribution in [0.2, 0.25) is 5.02 Å². The maximum Gasteiger partial charge on any atom is 0.123 e. The fourth-order valence-corrected chi connectivity index (χ4v) is 2.39. The van der Waals surface area contributed by atoms with Gasteiger partial charge < -0.3 is 0 Å². The molecule has 0 aliphatic rings. The van der Waals surface area contributed by atoms with Gasteiger partial charge in [0.2, 0.25) is 0 Å². The molecule has 2 rings (SSSR count). The first kappa shape index (κ1) is 14.4. The molecule has 0 amide bonds. The van der Waals surface area contributed by atoms with Crippen molar-refractivity contribution in [3.63, 3.8) is 0 Å². The summed E-state index contributed by atoms with van der Waals surface area (Å²) < 4.78 is 14.1. The maximum absolute atomic E-state index is 13.2. The molecule has 0 radical (unpaired) electrons. The lowest BCUT2D eigenvalue weighted by Crippen LogP contribution is -2.29. The zero-order valence-electron chi connectivity index (χ0n) is 9.91. The van der Waals surface area contributed by atoms with Crippen molar-refractivity contribution in [2.24, 2.45) is 5.84 Å². The van der Waals surface area contributed by atoms with E-state index >= 15 is 0 Å². The fraction of sp³-hybridized carbons (Fsp3) is 0.154. The quantitative estimate of drug-likeness (QED) is 0.660. The van der Waals surface area contributed by atoms with Crippen LogP contribution < -0.4 is 11.3 Å². The van der Waals surface area contributed by atoms with E-state index in [1.54, 1.807) is 18.5 Å². The van der Waals surface area contributed by atoms with E-state index in [0.29, 0.717) is 17.0 Å². The van der Waals surface area contributed by atoms with Gasteiger partial charge in [-0.15, -0.1) is 0 Å². The van der Waals surface area contributed by atoms with Crippen molar-refractivity contribution in [1.29, 1.82) is 0 Å². The summed E-state index contributed by atoms with van der Waals surface area (Å²) in [6, 6.07) is 6.00. The molecule has 0 aliphatic carbocycles. The molecule has 3 nitrogen and oxygen atoms in total. The first-order chi connectivity index (χ1) is 9.10. The van der Waals surface area contributed by atoms with Gasteiger partial charge in [0.25, 0.3) is 0 Å². The van der Waals surface area contributed by atoms with Crippen molar-refractivity contribution in [3.05, 3.63) is 63.1 Å². The summed E-state index contributed by atoms with van der Waals surface area (Å²) in [7, 11) is 0. The van der Waals surface area contributed by atoms with E-state index in [0.717, 1.165) is 10.0 Å². The molecule has 19 heavy (non-hydrogen) atoms. The summed E-state index contributed by atoms with van der Waals surface area (Å²) in [5, 5.41) is 0.518. The van der Waals surface area contributed by atoms with Crippen molar-refractivity contribution < 1.29 is 4.39 Å². The SMILES string of the molecule is NNC(Cc1cc(F)ccc1Cl)c1cncc(Br)c1. The number of hydrazine groups is 1. The number of hydrogen-bond acceptors (Lipinski definition) is 3. The highest BCUT2D eigenvalue weighted by Gasteiger charge is 2.14. The lowest BCUT2D eigenvalue weighted by molar-refractivity contribution is 0.547. The number of rotatable bonds is 4. The molecule has 1 aromatic heterocycles. The predicted molar refractivity (Wildman–Crippen MR) is 77.1 cm³/mol. The molecule has 1 aromatic carbocycles. The first-order valence-corrected chi connectivity index (χ1v) is 6.77. The largest absolute Gasteiger partial charge is 0.271 e. The summed E-state index contributed by atoms with van der Waals surface area (Å²) in [6.07, 6.45) is 3.87. The van der Waals surface area contributed by atoms with Crippen LogP contribution in [0.15, 0.2) is 41.1 Å². The Labute approximate surface area is 124 Å². The van der Waals surface area contributed by atoms with Crippen LogP contribution >= 0.6 is 27.5 Å². The van der Waals surface area contributed by atoms with Gasteiger partial charge >= 0.3 is 0 Å². The van der Waals surface area contributed by atoms with Gasteiger partial charge in [-0.05, 0) is 57.7 Å². The number of aromatic nitrogens is 1. The molecular weight excluding hydrogens is 333 g/mol. The van der Waals surface area contributed by atoms with E-state index < -0.39 is 0 Å². The number of benzene rings is 1. The zero-order chi connectivity index (χ0) is 13.8. The van der Waals surface area contributed by atoms with Crippen LogP contribution in [-0.4, -0.2) is 4.98 Å². The van der Waals surface area contributed by atoms with E-state index in [2.05, 4.69) is 26.3 Å². The second kappa shape index (κ2) is 6.43. The molecular formula is C13H12BrClFN3. The molecule has 0 aliphatic heterocycles. The second-order valence-corrected chi connectivity index (χ2v) is 5.42. The first-order valence-electron chi connectivity index (χ1n) is 5.60. The minimum Gasteiger partial charge on any atom is -0.271 e. The molecule has 1 unspecified atom stereocenters. The van der Waals surface area contributed by atoms with Crippen molar-refractivity contribution in [1.82, 2.24) is 10.4 Å². The number of halogens is 3. The highest BCUT2D eigenvalue weighted by Crippen LogP contribution is 2.25. The van der Waals surface area contributed by atoms with Gasteiger partial charge in [-0.3, -0.25) is 16.3 Å². The Bertz CT molecular complexity index is 580. The highest BCUT2D eigenvalue weighted by atomic mass is 79.9. The van der Waals surface area contributed by atoms with E-state index in [-0.39, 0.29) is 11.9 Å². The van der Waals surface area contributed by atoms with E-state index in [9.17, 15) is 4.39 Å². The topological polar surface area (TPSA) is 50.9 Å². The summed E-state index contributed by atoms with van der Waals surface area (Å²) in [5.41, 5.74) is 4.30. The van der Waals surface area contributed by atoms with Crippen LogP contribution in [0.5, 0.6) is 0 Å². The Hall–Kier alpha value is -1.01. The smallest absolute Gasteiger partial charge is 0.123 e. The van der Waals surface area contributed by atoms with Crippen LogP contribution in [0.25, 0.3) is 0 Å². The van der Waals surface area contributed by atoms with Gasteiger partial charge in [0, 0.05) is 21.9 Å². The van der Waals surface area contributed by atoms with Crippen LogP contribution in [0.4, 0.5) is 4.39 Å². The molecule has 100 valence electrons. The third-order valence-electron chi connectivity index (χ3n) is 2.76. The minimum atomic E-state index is -0.317. The highest BCUT2D eigenvalue weighted by molar-refractivity contribution is 9.10. The fourth-order valence-electron chi connectivity index (χ4n) is 1.81. The van der Waals surface area contributed by atoms with Crippen molar-refractivity contribution in [2.75, 3.05) is 0 Å². The Morgan fingerprint density at radius 3 is 2.84 bits per heavy atom. The van der Waals surface area contributed by atoms with Crippen molar-refractivity contribution in [3.8, 4) is 0 Å². The van der Waals surface area contributed by atoms with Gasteiger partial charge in [0.15, 0.2) is 0 Å². The zero-order valence-corrected chi connectivity index (χ0v) is 12.2. The van der Waals surface area contributed by atoms with E-state index in [1.165, 1.54) is 12.1 Å². The molecule has 6 heteroatoms. The van der Waals surface area contributed by atoms with Gasteiger partial charge in [-0.25, -0.2) is 4.39 Å². The monoisotopic (exact) mass is 343 g/mol. The molecule has 0 saturated heterocycles. The third-order valence-corrected chi connectivity index (χ3v) is 3.56. The average molecular weight is 345 g/mol. The number of nitrogens with one attached hydrogen (secondary N) is 1. The average Bonchev–Trinajstić information content (AvgIpc) is 2.39. The van der Waals surface area contributed by atoms with Crippen LogP contribution in [0, 0.1) is 5.82 Å². The standard InChI is InChI=1S/C13H12BrClFN3/c14-10-3-9(6-18-7-10)13(19-17)5-8-4-11(16)1-2-12(8)15/h1-4,6-7,13,19H,5,17H2. The minimum absolute atomic E-state index is 0.190. The number of nitrogens with two attached hydrogens (primary N) is 1. The predicted octanol–water partition coefficient (Wildman–Crippen LogP) is 3.38. The van der Waals surface area contributed by atoms with Crippen molar-refractivity contribution >= 4 is 27.5 Å². The molecule has 0 bridgehead atoms. The molecule has 0 spiro atoms. The number of pyridine rings is 1. The lowest BCUT2D eigenvalue weighted by Gasteiger charge is -2.17. The van der Waals surface area contributed by atoms with Crippen LogP contribution in [0.3, 0.4) is 0 Å².